The van der Waals surface area contributed by atoms with E-state index >= 15 is 0 Å². The fourth-order valence-electron chi connectivity index (χ4n) is 2.29. The Labute approximate surface area is 114 Å². The van der Waals surface area contributed by atoms with Gasteiger partial charge in [-0.25, -0.2) is 0 Å². The van der Waals surface area contributed by atoms with Crippen molar-refractivity contribution in [3.05, 3.63) is 28.8 Å². The van der Waals surface area contributed by atoms with Gasteiger partial charge < -0.3 is 15.4 Å². The highest BCUT2D eigenvalue weighted by Crippen LogP contribution is 2.31. The molecule has 1 aliphatic heterocycles. The van der Waals surface area contributed by atoms with Crippen molar-refractivity contribution in [3.8, 4) is 0 Å². The third-order valence-electron chi connectivity index (χ3n) is 3.40. The van der Waals surface area contributed by atoms with Crippen molar-refractivity contribution in [2.75, 3.05) is 31.2 Å². The van der Waals surface area contributed by atoms with Gasteiger partial charge in [0.25, 0.3) is 0 Å². The molecule has 1 aliphatic rings. The SMILES string of the molecule is CCC(N)Cc1cccc(Cl)c1N1CCOCC1. The Morgan fingerprint density at radius 2 is 2.11 bits per heavy atom. The molecule has 100 valence electrons. The Morgan fingerprint density at radius 3 is 2.78 bits per heavy atom. The average molecular weight is 269 g/mol. The minimum Gasteiger partial charge on any atom is -0.378 e. The molecular weight excluding hydrogens is 248 g/mol. The van der Waals surface area contributed by atoms with Crippen LogP contribution in [-0.4, -0.2) is 32.3 Å². The number of hydrogen-bond donors (Lipinski definition) is 1. The quantitative estimate of drug-likeness (QED) is 0.912. The lowest BCUT2D eigenvalue weighted by Gasteiger charge is -2.31. The van der Waals surface area contributed by atoms with Gasteiger partial charge in [0.2, 0.25) is 0 Å². The zero-order chi connectivity index (χ0) is 13.0. The van der Waals surface area contributed by atoms with Gasteiger partial charge in [0.15, 0.2) is 0 Å². The molecule has 0 aromatic heterocycles. The van der Waals surface area contributed by atoms with E-state index in [1.807, 2.05) is 12.1 Å². The summed E-state index contributed by atoms with van der Waals surface area (Å²) in [5.74, 6) is 0. The molecule has 4 heteroatoms. The zero-order valence-corrected chi connectivity index (χ0v) is 11.6. The van der Waals surface area contributed by atoms with Crippen molar-refractivity contribution in [1.82, 2.24) is 0 Å². The zero-order valence-electron chi connectivity index (χ0n) is 10.9. The van der Waals surface area contributed by atoms with Gasteiger partial charge in [-0.15, -0.1) is 0 Å². The molecule has 2 N–H and O–H groups in total. The summed E-state index contributed by atoms with van der Waals surface area (Å²) in [6.07, 6.45) is 1.86. The number of nitrogens with zero attached hydrogens (tertiary/aromatic N) is 1. The number of morpholine rings is 1. The minimum atomic E-state index is 0.197. The van der Waals surface area contributed by atoms with Gasteiger partial charge in [0.05, 0.1) is 23.9 Å². The summed E-state index contributed by atoms with van der Waals surface area (Å²) in [5.41, 5.74) is 8.46. The lowest BCUT2D eigenvalue weighted by atomic mass is 10.0. The number of halogens is 1. The normalized spacial score (nSPS) is 17.8. The molecule has 1 atom stereocenters. The summed E-state index contributed by atoms with van der Waals surface area (Å²) >= 11 is 6.37. The van der Waals surface area contributed by atoms with Crippen molar-refractivity contribution in [2.24, 2.45) is 5.73 Å². The van der Waals surface area contributed by atoms with Crippen LogP contribution in [0, 0.1) is 0 Å². The van der Waals surface area contributed by atoms with Crippen LogP contribution in [0.1, 0.15) is 18.9 Å². The molecule has 2 rings (SSSR count). The fraction of sp³-hybridized carbons (Fsp3) is 0.571. The van der Waals surface area contributed by atoms with Crippen LogP contribution < -0.4 is 10.6 Å². The second-order valence-corrected chi connectivity index (χ2v) is 5.13. The Balaban J connectivity index is 2.25. The molecule has 0 aliphatic carbocycles. The van der Waals surface area contributed by atoms with E-state index in [2.05, 4.69) is 17.9 Å². The first-order valence-corrected chi connectivity index (χ1v) is 6.95. The summed E-state index contributed by atoms with van der Waals surface area (Å²) in [6.45, 7) is 5.45. The Hall–Kier alpha value is -0.770. The molecule has 1 fully saturated rings. The first-order valence-electron chi connectivity index (χ1n) is 6.58. The molecule has 0 saturated carbocycles. The number of ether oxygens (including phenoxy) is 1. The molecule has 1 saturated heterocycles. The van der Waals surface area contributed by atoms with E-state index in [9.17, 15) is 0 Å². The highest BCUT2D eigenvalue weighted by atomic mass is 35.5. The van der Waals surface area contributed by atoms with Crippen LogP contribution in [0.25, 0.3) is 0 Å². The maximum Gasteiger partial charge on any atom is 0.0642 e. The van der Waals surface area contributed by atoms with Crippen LogP contribution in [0.5, 0.6) is 0 Å². The smallest absolute Gasteiger partial charge is 0.0642 e. The number of benzene rings is 1. The fourth-order valence-corrected chi connectivity index (χ4v) is 2.61. The third kappa shape index (κ3) is 3.16. The highest BCUT2D eigenvalue weighted by Gasteiger charge is 2.18. The average Bonchev–Trinajstić information content (AvgIpc) is 2.40. The Kier molecular flexibility index (Phi) is 4.87. The lowest BCUT2D eigenvalue weighted by molar-refractivity contribution is 0.122. The van der Waals surface area contributed by atoms with Crippen LogP contribution >= 0.6 is 11.6 Å². The van der Waals surface area contributed by atoms with Gasteiger partial charge in [0.1, 0.15) is 0 Å². The van der Waals surface area contributed by atoms with Crippen molar-refractivity contribution >= 4 is 17.3 Å². The summed E-state index contributed by atoms with van der Waals surface area (Å²) in [5, 5.41) is 0.817. The van der Waals surface area contributed by atoms with Gasteiger partial charge >= 0.3 is 0 Å². The number of hydrogen-bond acceptors (Lipinski definition) is 3. The summed E-state index contributed by atoms with van der Waals surface area (Å²) in [6, 6.07) is 6.28. The number of anilines is 1. The Morgan fingerprint density at radius 1 is 1.39 bits per heavy atom. The number of para-hydroxylation sites is 1. The molecule has 0 amide bonds. The molecule has 3 nitrogen and oxygen atoms in total. The van der Waals surface area contributed by atoms with E-state index in [0.29, 0.717) is 0 Å². The van der Waals surface area contributed by atoms with Gasteiger partial charge in [0, 0.05) is 19.1 Å². The second kappa shape index (κ2) is 6.41. The van der Waals surface area contributed by atoms with Crippen LogP contribution in [0.3, 0.4) is 0 Å². The van der Waals surface area contributed by atoms with Crippen LogP contribution in [0.4, 0.5) is 5.69 Å². The summed E-state index contributed by atoms with van der Waals surface area (Å²) in [7, 11) is 0. The first kappa shape index (κ1) is 13.7. The maximum absolute atomic E-state index is 6.37. The number of nitrogens with two attached hydrogens (primary N) is 1. The number of rotatable bonds is 4. The van der Waals surface area contributed by atoms with Gasteiger partial charge in [-0.05, 0) is 24.5 Å². The lowest BCUT2D eigenvalue weighted by Crippen LogP contribution is -2.37. The maximum atomic E-state index is 6.37. The third-order valence-corrected chi connectivity index (χ3v) is 3.71. The predicted octanol–water partition coefficient (Wildman–Crippen LogP) is 2.46. The summed E-state index contributed by atoms with van der Waals surface area (Å²) < 4.78 is 5.39. The van der Waals surface area contributed by atoms with E-state index in [1.54, 1.807) is 0 Å². The van der Waals surface area contributed by atoms with Crippen LogP contribution in [0.15, 0.2) is 18.2 Å². The Bertz CT molecular complexity index is 391. The van der Waals surface area contributed by atoms with E-state index in [1.165, 1.54) is 5.56 Å². The minimum absolute atomic E-state index is 0.197. The summed E-state index contributed by atoms with van der Waals surface area (Å²) in [4.78, 5) is 2.31. The molecule has 1 aromatic carbocycles. The molecule has 1 unspecified atom stereocenters. The van der Waals surface area contributed by atoms with Gasteiger partial charge in [-0.2, -0.15) is 0 Å². The van der Waals surface area contributed by atoms with Crippen molar-refractivity contribution in [2.45, 2.75) is 25.8 Å². The molecule has 1 heterocycles. The van der Waals surface area contributed by atoms with Crippen molar-refractivity contribution in [3.63, 3.8) is 0 Å². The van der Waals surface area contributed by atoms with E-state index in [4.69, 9.17) is 22.1 Å². The predicted molar refractivity (Wildman–Crippen MR) is 76.5 cm³/mol. The molecule has 0 bridgehead atoms. The van der Waals surface area contributed by atoms with Crippen molar-refractivity contribution < 1.29 is 4.74 Å². The topological polar surface area (TPSA) is 38.5 Å². The molecule has 18 heavy (non-hydrogen) atoms. The molecule has 0 radical (unpaired) electrons. The molecular formula is C14H21ClN2O. The monoisotopic (exact) mass is 268 g/mol. The second-order valence-electron chi connectivity index (χ2n) is 4.72. The van der Waals surface area contributed by atoms with E-state index in [-0.39, 0.29) is 6.04 Å². The molecule has 1 aromatic rings. The molecule has 0 spiro atoms. The standard InChI is InChI=1S/C14H21ClN2O/c1-2-12(16)10-11-4-3-5-13(15)14(11)17-6-8-18-9-7-17/h3-5,12H,2,6-10,16H2,1H3. The van der Waals surface area contributed by atoms with Crippen molar-refractivity contribution in [1.29, 1.82) is 0 Å². The van der Waals surface area contributed by atoms with Crippen LogP contribution in [-0.2, 0) is 11.2 Å². The largest absolute Gasteiger partial charge is 0.378 e. The van der Waals surface area contributed by atoms with Crippen LogP contribution in [0.2, 0.25) is 5.02 Å². The highest BCUT2D eigenvalue weighted by molar-refractivity contribution is 6.33. The first-order chi connectivity index (χ1) is 8.72. The van der Waals surface area contributed by atoms with Gasteiger partial charge in [-0.1, -0.05) is 30.7 Å². The van der Waals surface area contributed by atoms with Gasteiger partial charge in [-0.3, -0.25) is 0 Å². The van der Waals surface area contributed by atoms with E-state index in [0.717, 1.165) is 49.9 Å². The van der Waals surface area contributed by atoms with E-state index < -0.39 is 0 Å².